The molecule has 1 aromatic carbocycles. The first kappa shape index (κ1) is 20.6. The SMILES string of the molecule is CCOC(=O)C1=C(N)OC2=C(C(=O)CCC2)[C@@]12C(=O)N(CC(=O)OC)c1ccccc12. The molecule has 0 fully saturated rings. The van der Waals surface area contributed by atoms with Gasteiger partial charge in [-0.3, -0.25) is 19.3 Å². The highest BCUT2D eigenvalue weighted by atomic mass is 16.5. The number of anilines is 1. The largest absolute Gasteiger partial charge is 0.468 e. The van der Waals surface area contributed by atoms with Gasteiger partial charge in [-0.2, -0.15) is 0 Å². The van der Waals surface area contributed by atoms with E-state index in [9.17, 15) is 19.2 Å². The molecule has 2 aliphatic heterocycles. The molecule has 31 heavy (non-hydrogen) atoms. The van der Waals surface area contributed by atoms with Gasteiger partial charge in [0.25, 0.3) is 0 Å². The van der Waals surface area contributed by atoms with Crippen molar-refractivity contribution in [2.24, 2.45) is 5.73 Å². The number of esters is 2. The maximum absolute atomic E-state index is 14.0. The molecule has 3 aliphatic rings. The van der Waals surface area contributed by atoms with Crippen LogP contribution < -0.4 is 10.6 Å². The van der Waals surface area contributed by atoms with Gasteiger partial charge in [-0.25, -0.2) is 4.79 Å². The van der Waals surface area contributed by atoms with Gasteiger partial charge < -0.3 is 19.9 Å². The van der Waals surface area contributed by atoms with Crippen LogP contribution in [-0.2, 0) is 38.8 Å². The third-order valence-corrected chi connectivity index (χ3v) is 5.75. The molecule has 0 unspecified atom stereocenters. The number of amides is 1. The minimum absolute atomic E-state index is 0.0350. The molecule has 1 spiro atoms. The molecule has 0 aromatic heterocycles. The Kier molecular flexibility index (Phi) is 5.04. The van der Waals surface area contributed by atoms with Crippen LogP contribution in [0, 0.1) is 0 Å². The molecule has 2 heterocycles. The first-order valence-electron chi connectivity index (χ1n) is 9.98. The van der Waals surface area contributed by atoms with Crippen LogP contribution in [0.15, 0.2) is 47.1 Å². The van der Waals surface area contributed by atoms with E-state index >= 15 is 0 Å². The number of benzene rings is 1. The number of hydrogen-bond donors (Lipinski definition) is 1. The second kappa shape index (κ2) is 7.57. The van der Waals surface area contributed by atoms with Crippen LogP contribution in [0.1, 0.15) is 31.7 Å². The number of ether oxygens (including phenoxy) is 3. The van der Waals surface area contributed by atoms with Crippen LogP contribution in [0.5, 0.6) is 0 Å². The molecule has 0 saturated carbocycles. The first-order valence-corrected chi connectivity index (χ1v) is 9.98. The van der Waals surface area contributed by atoms with Gasteiger partial charge in [0.2, 0.25) is 11.8 Å². The molecule has 1 atom stereocenters. The Balaban J connectivity index is 2.05. The first-order chi connectivity index (χ1) is 14.9. The van der Waals surface area contributed by atoms with Crippen molar-refractivity contribution in [3.63, 3.8) is 0 Å². The molecular weight excluding hydrogens is 404 g/mol. The van der Waals surface area contributed by atoms with Gasteiger partial charge in [-0.05, 0) is 19.4 Å². The number of Topliss-reactive ketones (excluding diaryl/α,β-unsaturated/α-hetero) is 1. The molecule has 1 aliphatic carbocycles. The second-order valence-corrected chi connectivity index (χ2v) is 7.37. The molecule has 0 radical (unpaired) electrons. The summed E-state index contributed by atoms with van der Waals surface area (Å²) in [5.74, 6) is -2.46. The summed E-state index contributed by atoms with van der Waals surface area (Å²) in [5.41, 5.74) is 4.92. The fourth-order valence-corrected chi connectivity index (χ4v) is 4.57. The predicted molar refractivity (Wildman–Crippen MR) is 107 cm³/mol. The number of allylic oxidation sites excluding steroid dienone is 1. The predicted octanol–water partition coefficient (Wildman–Crippen LogP) is 1.21. The lowest BCUT2D eigenvalue weighted by Crippen LogP contribution is -2.52. The number of methoxy groups -OCH3 is 1. The average molecular weight is 426 g/mol. The molecule has 1 aromatic rings. The number of carbonyl (C=O) groups excluding carboxylic acids is 4. The van der Waals surface area contributed by atoms with Gasteiger partial charge in [0.1, 0.15) is 23.3 Å². The Morgan fingerprint density at radius 2 is 1.97 bits per heavy atom. The summed E-state index contributed by atoms with van der Waals surface area (Å²) >= 11 is 0. The highest BCUT2D eigenvalue weighted by molar-refractivity contribution is 6.24. The van der Waals surface area contributed by atoms with Crippen molar-refractivity contribution in [3.8, 4) is 0 Å². The van der Waals surface area contributed by atoms with Crippen LogP contribution in [0.3, 0.4) is 0 Å². The molecule has 2 N–H and O–H groups in total. The summed E-state index contributed by atoms with van der Waals surface area (Å²) in [5, 5.41) is 0. The van der Waals surface area contributed by atoms with E-state index in [1.807, 2.05) is 0 Å². The zero-order valence-corrected chi connectivity index (χ0v) is 17.2. The third-order valence-electron chi connectivity index (χ3n) is 5.75. The van der Waals surface area contributed by atoms with Crippen LogP contribution in [0.25, 0.3) is 0 Å². The summed E-state index contributed by atoms with van der Waals surface area (Å²) in [7, 11) is 1.21. The van der Waals surface area contributed by atoms with E-state index in [0.717, 1.165) is 0 Å². The van der Waals surface area contributed by atoms with Crippen molar-refractivity contribution in [2.75, 3.05) is 25.2 Å². The van der Waals surface area contributed by atoms with Crippen LogP contribution in [0.4, 0.5) is 5.69 Å². The average Bonchev–Trinajstić information content (AvgIpc) is 2.97. The number of hydrogen-bond acceptors (Lipinski definition) is 8. The Bertz CT molecular complexity index is 1070. The van der Waals surface area contributed by atoms with E-state index in [2.05, 4.69) is 0 Å². The van der Waals surface area contributed by atoms with Gasteiger partial charge in [0, 0.05) is 24.1 Å². The van der Waals surface area contributed by atoms with Crippen molar-refractivity contribution < 1.29 is 33.4 Å². The van der Waals surface area contributed by atoms with Gasteiger partial charge in [-0.1, -0.05) is 18.2 Å². The minimum Gasteiger partial charge on any atom is -0.468 e. The lowest BCUT2D eigenvalue weighted by molar-refractivity contribution is -0.141. The van der Waals surface area contributed by atoms with Gasteiger partial charge in [0.05, 0.1) is 19.3 Å². The Morgan fingerprint density at radius 3 is 2.68 bits per heavy atom. The number of fused-ring (bicyclic) bond motifs is 3. The molecular formula is C22H22N2O7. The molecule has 9 nitrogen and oxygen atoms in total. The molecule has 162 valence electrons. The van der Waals surface area contributed by atoms with E-state index in [0.29, 0.717) is 24.1 Å². The standard InChI is InChI=1S/C22H22N2O7/c1-3-30-20(27)18-19(23)31-15-10-6-9-14(25)17(15)22(18)12-7-4-5-8-13(12)24(21(22)28)11-16(26)29-2/h4-5,7-8H,3,6,9-11,23H2,1-2H3/t22-/m1/s1. The topological polar surface area (TPSA) is 125 Å². The zero-order valence-electron chi connectivity index (χ0n) is 17.2. The number of nitrogens with two attached hydrogens (primary N) is 1. The lowest BCUT2D eigenvalue weighted by Gasteiger charge is -2.38. The van der Waals surface area contributed by atoms with E-state index in [1.165, 1.54) is 12.0 Å². The van der Waals surface area contributed by atoms with Crippen molar-refractivity contribution in [2.45, 2.75) is 31.6 Å². The van der Waals surface area contributed by atoms with Crippen molar-refractivity contribution in [3.05, 3.63) is 52.6 Å². The molecule has 1 amide bonds. The highest BCUT2D eigenvalue weighted by Crippen LogP contribution is 2.56. The number of rotatable bonds is 4. The maximum atomic E-state index is 14.0. The number of ketones is 1. The molecule has 9 heteroatoms. The van der Waals surface area contributed by atoms with E-state index in [4.69, 9.17) is 19.9 Å². The Morgan fingerprint density at radius 1 is 1.23 bits per heavy atom. The summed E-state index contributed by atoms with van der Waals surface area (Å²) in [6, 6.07) is 6.68. The fraction of sp³-hybridized carbons (Fsp3) is 0.364. The summed E-state index contributed by atoms with van der Waals surface area (Å²) < 4.78 is 15.6. The quantitative estimate of drug-likeness (QED) is 0.713. The molecule has 4 rings (SSSR count). The number of carbonyl (C=O) groups is 4. The van der Waals surface area contributed by atoms with E-state index in [1.54, 1.807) is 31.2 Å². The highest BCUT2D eigenvalue weighted by Gasteiger charge is 2.64. The minimum atomic E-state index is -1.84. The Hall–Kier alpha value is -3.62. The number of para-hydroxylation sites is 1. The molecule has 0 saturated heterocycles. The van der Waals surface area contributed by atoms with Crippen molar-refractivity contribution in [1.82, 2.24) is 0 Å². The third kappa shape index (κ3) is 2.83. The Labute approximate surface area is 178 Å². The van der Waals surface area contributed by atoms with Crippen LogP contribution in [0.2, 0.25) is 0 Å². The van der Waals surface area contributed by atoms with Gasteiger partial charge in [-0.15, -0.1) is 0 Å². The van der Waals surface area contributed by atoms with Crippen molar-refractivity contribution >= 4 is 29.3 Å². The zero-order chi connectivity index (χ0) is 22.3. The van der Waals surface area contributed by atoms with Crippen LogP contribution in [-0.4, -0.2) is 43.9 Å². The van der Waals surface area contributed by atoms with Crippen LogP contribution >= 0.6 is 0 Å². The fourth-order valence-electron chi connectivity index (χ4n) is 4.57. The smallest absolute Gasteiger partial charge is 0.341 e. The van der Waals surface area contributed by atoms with E-state index < -0.39 is 23.3 Å². The monoisotopic (exact) mass is 426 g/mol. The normalized spacial score (nSPS) is 22.3. The van der Waals surface area contributed by atoms with Crippen molar-refractivity contribution in [1.29, 1.82) is 0 Å². The number of nitrogens with zero attached hydrogens (tertiary/aromatic N) is 1. The van der Waals surface area contributed by atoms with E-state index in [-0.39, 0.29) is 48.1 Å². The lowest BCUT2D eigenvalue weighted by atomic mass is 9.64. The van der Waals surface area contributed by atoms with Gasteiger partial charge >= 0.3 is 11.9 Å². The second-order valence-electron chi connectivity index (χ2n) is 7.37. The maximum Gasteiger partial charge on any atom is 0.341 e. The molecule has 0 bridgehead atoms. The summed E-state index contributed by atoms with van der Waals surface area (Å²) in [6.45, 7) is 1.27. The summed E-state index contributed by atoms with van der Waals surface area (Å²) in [4.78, 5) is 53.5. The summed E-state index contributed by atoms with van der Waals surface area (Å²) in [6.07, 6.45) is 1.13. The van der Waals surface area contributed by atoms with Gasteiger partial charge in [0.15, 0.2) is 5.78 Å².